The lowest BCUT2D eigenvalue weighted by atomic mass is 9.59. The minimum absolute atomic E-state index is 0.183. The van der Waals surface area contributed by atoms with Gasteiger partial charge in [-0.3, -0.25) is 0 Å². The monoisotopic (exact) mass is 884 g/mol. The van der Waals surface area contributed by atoms with Crippen molar-refractivity contribution < 1.29 is 29.7 Å². The fraction of sp³-hybridized carbons (Fsp3) is 0.0806. The lowest BCUT2D eigenvalue weighted by molar-refractivity contribution is 0.0686. The van der Waals surface area contributed by atoms with Crippen LogP contribution in [0.2, 0.25) is 0 Å². The third-order valence-corrected chi connectivity index (χ3v) is 14.0. The molecule has 0 saturated heterocycles. The van der Waals surface area contributed by atoms with Crippen LogP contribution in [0.1, 0.15) is 93.0 Å². The van der Waals surface area contributed by atoms with Crippen LogP contribution in [0.15, 0.2) is 182 Å². The molecule has 9 aromatic rings. The van der Waals surface area contributed by atoms with Crippen molar-refractivity contribution in [3.8, 4) is 66.8 Å². The maximum Gasteiger partial charge on any atom is 0.335 e. The van der Waals surface area contributed by atoms with Crippen LogP contribution in [-0.2, 0) is 0 Å². The van der Waals surface area contributed by atoms with E-state index < -0.39 is 17.9 Å². The largest absolute Gasteiger partial charge is 0.478 e. The van der Waals surface area contributed by atoms with E-state index in [1.54, 1.807) is 36.4 Å². The van der Waals surface area contributed by atoms with Gasteiger partial charge in [0.25, 0.3) is 0 Å². The van der Waals surface area contributed by atoms with Crippen molar-refractivity contribution >= 4 is 17.9 Å². The van der Waals surface area contributed by atoms with E-state index in [1.807, 2.05) is 36.4 Å². The summed E-state index contributed by atoms with van der Waals surface area (Å²) in [7, 11) is 0. The van der Waals surface area contributed by atoms with Crippen molar-refractivity contribution in [2.75, 3.05) is 0 Å². The van der Waals surface area contributed by atoms with Gasteiger partial charge in [-0.05, 0) is 194 Å². The first-order chi connectivity index (χ1) is 32.9. The summed E-state index contributed by atoms with van der Waals surface area (Å²) in [5, 5.41) is 29.6. The molecule has 328 valence electrons. The Morgan fingerprint density at radius 3 is 0.603 bits per heavy atom. The number of carboxylic acid groups (broad SMARTS) is 3. The minimum Gasteiger partial charge on any atom is -0.478 e. The molecule has 2 bridgehead atoms. The van der Waals surface area contributed by atoms with Crippen molar-refractivity contribution in [2.45, 2.75) is 32.6 Å². The number of rotatable bonds is 9. The standard InChI is InChI=1S/C62H44O6/c1-34-4-10-37(11-5-34)46-28-52-53(29-47(46)38-12-6-35(2)7-13-38)59-55-31-49(40-16-22-43(23-17-40)60(63)64)48(39-14-8-36(3)9-15-39)30-54(55)58(52)56-32-50(41-18-24-44(25-19-41)61(65)66)51(33-57(56)59)42-20-26-45(27-21-42)62(67)68/h4-33,58-59H,1-3H3,(H,63,64)(H,65,66)(H,67,68). The van der Waals surface area contributed by atoms with Gasteiger partial charge < -0.3 is 15.3 Å². The van der Waals surface area contributed by atoms with Gasteiger partial charge in [0, 0.05) is 11.8 Å². The number of hydrogen-bond donors (Lipinski definition) is 3. The molecule has 68 heavy (non-hydrogen) atoms. The average molecular weight is 885 g/mol. The smallest absolute Gasteiger partial charge is 0.335 e. The number of benzene rings is 9. The van der Waals surface area contributed by atoms with E-state index in [2.05, 4.69) is 130 Å². The second kappa shape index (κ2) is 16.4. The molecule has 2 atom stereocenters. The molecular weight excluding hydrogens is 841 g/mol. The van der Waals surface area contributed by atoms with Gasteiger partial charge in [-0.1, -0.05) is 126 Å². The van der Waals surface area contributed by atoms with Gasteiger partial charge in [-0.25, -0.2) is 14.4 Å². The predicted molar refractivity (Wildman–Crippen MR) is 269 cm³/mol. The first kappa shape index (κ1) is 42.1. The minimum atomic E-state index is -1.01. The fourth-order valence-electron chi connectivity index (χ4n) is 10.4. The van der Waals surface area contributed by atoms with Gasteiger partial charge in [-0.2, -0.15) is 0 Å². The van der Waals surface area contributed by atoms with Crippen molar-refractivity contribution in [1.29, 1.82) is 0 Å². The van der Waals surface area contributed by atoms with Crippen LogP contribution < -0.4 is 0 Å². The SMILES string of the molecule is Cc1ccc(-c2cc3c(cc2-c2ccc(C)cc2)C2c4cc(-c5ccc(C(=O)O)cc5)c(-c5ccc(C)cc5)cc4C3c3cc(-c4ccc(C(=O)O)cc4)c(-c4ccc(C(=O)O)cc4)cc32)cc1. The number of aromatic carboxylic acids is 3. The average Bonchev–Trinajstić information content (AvgIpc) is 3.36. The second-order valence-corrected chi connectivity index (χ2v) is 18.2. The number of hydrogen-bond acceptors (Lipinski definition) is 3. The summed E-state index contributed by atoms with van der Waals surface area (Å²) in [6, 6.07) is 61.0. The zero-order chi connectivity index (χ0) is 47.0. The molecule has 6 heteroatoms. The van der Waals surface area contributed by atoms with Gasteiger partial charge >= 0.3 is 17.9 Å². The van der Waals surface area contributed by atoms with Crippen LogP contribution in [0.3, 0.4) is 0 Å². The number of carboxylic acids is 3. The van der Waals surface area contributed by atoms with Crippen molar-refractivity contribution in [1.82, 2.24) is 0 Å². The Bertz CT molecular complexity index is 3510. The molecule has 6 nitrogen and oxygen atoms in total. The molecule has 3 aliphatic rings. The van der Waals surface area contributed by atoms with Gasteiger partial charge in [0.1, 0.15) is 0 Å². The number of carbonyl (C=O) groups is 3. The molecule has 3 aliphatic carbocycles. The van der Waals surface area contributed by atoms with E-state index in [0.717, 1.165) is 89.0 Å². The first-order valence-corrected chi connectivity index (χ1v) is 22.7. The summed E-state index contributed by atoms with van der Waals surface area (Å²) in [6.07, 6.45) is 0. The summed E-state index contributed by atoms with van der Waals surface area (Å²) in [4.78, 5) is 36.1. The van der Waals surface area contributed by atoms with Crippen LogP contribution in [-0.4, -0.2) is 33.2 Å². The molecule has 12 rings (SSSR count). The normalized spacial score (nSPS) is 14.2. The highest BCUT2D eigenvalue weighted by molar-refractivity contribution is 5.95. The fourth-order valence-corrected chi connectivity index (χ4v) is 10.4. The van der Waals surface area contributed by atoms with E-state index >= 15 is 0 Å². The van der Waals surface area contributed by atoms with Gasteiger partial charge in [-0.15, -0.1) is 0 Å². The summed E-state index contributed by atoms with van der Waals surface area (Å²) < 4.78 is 0. The van der Waals surface area contributed by atoms with Crippen LogP contribution in [0.4, 0.5) is 0 Å². The third-order valence-electron chi connectivity index (χ3n) is 14.0. The Morgan fingerprint density at radius 1 is 0.279 bits per heavy atom. The maximum absolute atomic E-state index is 12.0. The third kappa shape index (κ3) is 7.18. The highest BCUT2D eigenvalue weighted by Crippen LogP contribution is 2.60. The van der Waals surface area contributed by atoms with Gasteiger partial charge in [0.15, 0.2) is 0 Å². The van der Waals surface area contributed by atoms with Crippen LogP contribution >= 0.6 is 0 Å². The van der Waals surface area contributed by atoms with Crippen molar-refractivity contribution in [3.63, 3.8) is 0 Å². The summed E-state index contributed by atoms with van der Waals surface area (Å²) in [5.74, 6) is -3.45. The molecule has 0 saturated carbocycles. The van der Waals surface area contributed by atoms with Crippen LogP contribution in [0, 0.1) is 20.8 Å². The topological polar surface area (TPSA) is 112 Å². The molecule has 2 unspecified atom stereocenters. The molecule has 0 amide bonds. The summed E-state index contributed by atoms with van der Waals surface area (Å²) in [6.45, 7) is 6.28. The molecule has 0 fully saturated rings. The zero-order valence-electron chi connectivity index (χ0n) is 37.5. The lowest BCUT2D eigenvalue weighted by Crippen LogP contribution is -2.28. The Labute approximate surface area is 394 Å². The van der Waals surface area contributed by atoms with Gasteiger partial charge in [0.05, 0.1) is 16.7 Å². The van der Waals surface area contributed by atoms with E-state index in [0.29, 0.717) is 0 Å². The maximum atomic E-state index is 12.0. The van der Waals surface area contributed by atoms with Crippen molar-refractivity contribution in [3.05, 3.63) is 249 Å². The summed E-state index contributed by atoms with van der Waals surface area (Å²) in [5.41, 5.74) is 23.1. The van der Waals surface area contributed by atoms with Crippen molar-refractivity contribution in [2.24, 2.45) is 0 Å². The molecule has 0 radical (unpaired) electrons. The molecule has 0 heterocycles. The summed E-state index contributed by atoms with van der Waals surface area (Å²) >= 11 is 0. The molecule has 9 aromatic carbocycles. The van der Waals surface area contributed by atoms with E-state index in [4.69, 9.17) is 0 Å². The molecule has 0 aliphatic heterocycles. The van der Waals surface area contributed by atoms with Gasteiger partial charge in [0.2, 0.25) is 0 Å². The van der Waals surface area contributed by atoms with E-state index in [-0.39, 0.29) is 28.5 Å². The Kier molecular flexibility index (Phi) is 10.1. The molecule has 0 aromatic heterocycles. The van der Waals surface area contributed by atoms with E-state index in [9.17, 15) is 29.7 Å². The number of aryl methyl sites for hydroxylation is 3. The van der Waals surface area contributed by atoms with Crippen LogP contribution in [0.25, 0.3) is 66.8 Å². The Balaban J connectivity index is 1.23. The molecule has 3 N–H and O–H groups in total. The first-order valence-electron chi connectivity index (χ1n) is 22.7. The lowest BCUT2D eigenvalue weighted by Gasteiger charge is -2.44. The highest BCUT2D eigenvalue weighted by atomic mass is 16.4. The quantitative estimate of drug-likeness (QED) is 0.133. The Hall–Kier alpha value is -8.61. The van der Waals surface area contributed by atoms with Crippen LogP contribution in [0.5, 0.6) is 0 Å². The molecular formula is C62H44O6. The Morgan fingerprint density at radius 2 is 0.441 bits per heavy atom. The highest BCUT2D eigenvalue weighted by Gasteiger charge is 2.43. The second-order valence-electron chi connectivity index (χ2n) is 18.2. The molecule has 0 spiro atoms. The predicted octanol–water partition coefficient (Wildman–Crippen LogP) is 14.7. The van der Waals surface area contributed by atoms with E-state index in [1.165, 1.54) is 27.8 Å². The zero-order valence-corrected chi connectivity index (χ0v) is 37.5.